The summed E-state index contributed by atoms with van der Waals surface area (Å²) in [6.07, 6.45) is 3.22. The molecule has 1 spiro atoms. The van der Waals surface area contributed by atoms with Gasteiger partial charge in [0.05, 0.1) is 18.6 Å². The molecule has 1 unspecified atom stereocenters. The Morgan fingerprint density at radius 2 is 2.17 bits per heavy atom. The zero-order valence-corrected chi connectivity index (χ0v) is 14.3. The molecule has 2 fully saturated rings. The van der Waals surface area contributed by atoms with Crippen molar-refractivity contribution in [2.45, 2.75) is 39.3 Å². The van der Waals surface area contributed by atoms with Crippen LogP contribution in [0.1, 0.15) is 37.3 Å². The van der Waals surface area contributed by atoms with Crippen molar-refractivity contribution >= 4 is 5.91 Å². The number of fused-ring (bicyclic) bond motifs is 1. The number of aliphatic hydroxyl groups excluding tert-OH is 1. The Balaban J connectivity index is 1.55. The molecule has 2 aliphatic heterocycles. The molecular formula is C19H26N2O3. The number of piperidine rings is 1. The maximum atomic E-state index is 13.3. The predicted octanol–water partition coefficient (Wildman–Crippen LogP) is 1.68. The number of nitrogens with zero attached hydrogens (tertiary/aromatic N) is 1. The Morgan fingerprint density at radius 3 is 2.92 bits per heavy atom. The average molecular weight is 330 g/mol. The molecule has 0 bridgehead atoms. The number of rotatable bonds is 2. The minimum atomic E-state index is -0.214. The molecule has 24 heavy (non-hydrogen) atoms. The first-order chi connectivity index (χ1) is 11.6. The first-order valence-corrected chi connectivity index (χ1v) is 8.94. The number of aliphatic hydroxyl groups is 1. The second kappa shape index (κ2) is 5.74. The lowest BCUT2D eigenvalue weighted by molar-refractivity contribution is -0.139. The van der Waals surface area contributed by atoms with E-state index in [1.54, 1.807) is 0 Å². The average Bonchev–Trinajstić information content (AvgIpc) is 3.25. The molecule has 0 aromatic heterocycles. The van der Waals surface area contributed by atoms with Gasteiger partial charge in [-0.2, -0.15) is 0 Å². The number of amides is 1. The van der Waals surface area contributed by atoms with Crippen molar-refractivity contribution in [1.29, 1.82) is 0 Å². The van der Waals surface area contributed by atoms with Crippen LogP contribution in [0.2, 0.25) is 0 Å². The third-order valence-corrected chi connectivity index (χ3v) is 6.34. The molecule has 2 heterocycles. The number of carbonyl (C=O) groups is 1. The van der Waals surface area contributed by atoms with E-state index in [1.165, 1.54) is 0 Å². The minimum absolute atomic E-state index is 0.00898. The van der Waals surface area contributed by atoms with E-state index in [9.17, 15) is 9.90 Å². The molecule has 130 valence electrons. The van der Waals surface area contributed by atoms with Gasteiger partial charge in [0.1, 0.15) is 12.4 Å². The fourth-order valence-corrected chi connectivity index (χ4v) is 4.64. The first kappa shape index (κ1) is 15.9. The van der Waals surface area contributed by atoms with Crippen LogP contribution in [0.5, 0.6) is 5.75 Å². The Hall–Kier alpha value is -1.59. The standard InChI is InChI=1S/C19H26N2O3/c1-18(13-19(18)4-6-20-7-5-19)17(23)21-8-9-24-16-3-2-14(12-22)10-15(16)11-21/h2-3,10,20,22H,4-9,11-13H2,1H3. The molecule has 1 amide bonds. The van der Waals surface area contributed by atoms with Crippen molar-refractivity contribution in [2.75, 3.05) is 26.2 Å². The van der Waals surface area contributed by atoms with Crippen molar-refractivity contribution in [3.05, 3.63) is 29.3 Å². The van der Waals surface area contributed by atoms with Crippen LogP contribution in [0.4, 0.5) is 0 Å². The van der Waals surface area contributed by atoms with Crippen molar-refractivity contribution in [2.24, 2.45) is 10.8 Å². The topological polar surface area (TPSA) is 61.8 Å². The van der Waals surface area contributed by atoms with Crippen LogP contribution >= 0.6 is 0 Å². The summed E-state index contributed by atoms with van der Waals surface area (Å²) in [5.41, 5.74) is 1.85. The number of hydrogen-bond donors (Lipinski definition) is 2. The molecule has 3 aliphatic rings. The van der Waals surface area contributed by atoms with Gasteiger partial charge in [-0.05, 0) is 55.5 Å². The van der Waals surface area contributed by atoms with E-state index >= 15 is 0 Å². The van der Waals surface area contributed by atoms with Gasteiger partial charge < -0.3 is 20.1 Å². The van der Waals surface area contributed by atoms with Gasteiger partial charge >= 0.3 is 0 Å². The molecule has 1 aliphatic carbocycles. The molecule has 1 atom stereocenters. The third-order valence-electron chi connectivity index (χ3n) is 6.34. The van der Waals surface area contributed by atoms with E-state index in [-0.39, 0.29) is 23.3 Å². The Bertz CT molecular complexity index is 654. The highest BCUT2D eigenvalue weighted by molar-refractivity contribution is 5.87. The maximum absolute atomic E-state index is 13.3. The number of hydrogen-bond acceptors (Lipinski definition) is 4. The molecule has 0 radical (unpaired) electrons. The van der Waals surface area contributed by atoms with E-state index in [2.05, 4.69) is 12.2 Å². The summed E-state index contributed by atoms with van der Waals surface area (Å²) in [5.74, 6) is 1.11. The monoisotopic (exact) mass is 330 g/mol. The van der Waals surface area contributed by atoms with Gasteiger partial charge in [0.15, 0.2) is 0 Å². The molecule has 1 aromatic rings. The zero-order valence-electron chi connectivity index (χ0n) is 14.3. The summed E-state index contributed by atoms with van der Waals surface area (Å²) in [4.78, 5) is 15.2. The molecule has 4 rings (SSSR count). The summed E-state index contributed by atoms with van der Waals surface area (Å²) in [6, 6.07) is 5.74. The quantitative estimate of drug-likeness (QED) is 0.866. The lowest BCUT2D eigenvalue weighted by Gasteiger charge is -2.30. The van der Waals surface area contributed by atoms with Crippen LogP contribution in [-0.4, -0.2) is 42.2 Å². The molecule has 5 nitrogen and oxygen atoms in total. The van der Waals surface area contributed by atoms with Gasteiger partial charge in [0.2, 0.25) is 5.91 Å². The third kappa shape index (κ3) is 2.42. The fourth-order valence-electron chi connectivity index (χ4n) is 4.64. The lowest BCUT2D eigenvalue weighted by atomic mass is 9.85. The van der Waals surface area contributed by atoms with E-state index in [4.69, 9.17) is 4.74 Å². The zero-order chi connectivity index (χ0) is 16.8. The van der Waals surface area contributed by atoms with Crippen LogP contribution in [0, 0.1) is 10.8 Å². The van der Waals surface area contributed by atoms with Gasteiger partial charge in [0, 0.05) is 12.1 Å². The predicted molar refractivity (Wildman–Crippen MR) is 90.5 cm³/mol. The molecule has 1 aromatic carbocycles. The highest BCUT2D eigenvalue weighted by Crippen LogP contribution is 2.69. The Morgan fingerprint density at radius 1 is 1.38 bits per heavy atom. The van der Waals surface area contributed by atoms with Crippen LogP contribution in [0.15, 0.2) is 18.2 Å². The van der Waals surface area contributed by atoms with Crippen LogP contribution < -0.4 is 10.1 Å². The lowest BCUT2D eigenvalue weighted by Crippen LogP contribution is -2.41. The van der Waals surface area contributed by atoms with E-state index in [0.29, 0.717) is 19.7 Å². The number of nitrogens with one attached hydrogen (secondary N) is 1. The Labute approximate surface area is 143 Å². The maximum Gasteiger partial charge on any atom is 0.229 e. The second-order valence-electron chi connectivity index (χ2n) is 7.71. The van der Waals surface area contributed by atoms with Gasteiger partial charge in [0.25, 0.3) is 0 Å². The van der Waals surface area contributed by atoms with Crippen molar-refractivity contribution in [1.82, 2.24) is 10.2 Å². The van der Waals surface area contributed by atoms with Crippen LogP contribution in [0.25, 0.3) is 0 Å². The number of benzene rings is 1. The smallest absolute Gasteiger partial charge is 0.229 e. The van der Waals surface area contributed by atoms with Crippen molar-refractivity contribution in [3.8, 4) is 5.75 Å². The van der Waals surface area contributed by atoms with Crippen LogP contribution in [-0.2, 0) is 17.9 Å². The normalized spacial score (nSPS) is 28.0. The molecule has 1 saturated carbocycles. The van der Waals surface area contributed by atoms with Gasteiger partial charge in [-0.3, -0.25) is 4.79 Å². The van der Waals surface area contributed by atoms with E-state index in [1.807, 2.05) is 23.1 Å². The van der Waals surface area contributed by atoms with Crippen molar-refractivity contribution in [3.63, 3.8) is 0 Å². The fraction of sp³-hybridized carbons (Fsp3) is 0.632. The largest absolute Gasteiger partial charge is 0.491 e. The Kier molecular flexibility index (Phi) is 3.81. The molecule has 1 saturated heterocycles. The minimum Gasteiger partial charge on any atom is -0.491 e. The summed E-state index contributed by atoms with van der Waals surface area (Å²) in [5, 5.41) is 12.8. The van der Waals surface area contributed by atoms with Crippen LogP contribution in [0.3, 0.4) is 0 Å². The van der Waals surface area contributed by atoms with E-state index in [0.717, 1.165) is 49.2 Å². The van der Waals surface area contributed by atoms with Gasteiger partial charge in [-0.1, -0.05) is 13.0 Å². The summed E-state index contributed by atoms with van der Waals surface area (Å²) < 4.78 is 5.81. The summed E-state index contributed by atoms with van der Waals surface area (Å²) in [6.45, 7) is 5.94. The SMILES string of the molecule is CC1(C(=O)N2CCOc3ccc(CO)cc3C2)CC12CCNCC2. The highest BCUT2D eigenvalue weighted by Gasteiger charge is 2.68. The summed E-state index contributed by atoms with van der Waals surface area (Å²) in [7, 11) is 0. The second-order valence-corrected chi connectivity index (χ2v) is 7.71. The van der Waals surface area contributed by atoms with Gasteiger partial charge in [-0.25, -0.2) is 0 Å². The molecule has 5 heteroatoms. The number of carbonyl (C=O) groups excluding carboxylic acids is 1. The highest BCUT2D eigenvalue weighted by atomic mass is 16.5. The molecular weight excluding hydrogens is 304 g/mol. The van der Waals surface area contributed by atoms with Gasteiger partial charge in [-0.15, -0.1) is 0 Å². The first-order valence-electron chi connectivity index (χ1n) is 8.94. The van der Waals surface area contributed by atoms with Crippen molar-refractivity contribution < 1.29 is 14.6 Å². The summed E-state index contributed by atoms with van der Waals surface area (Å²) >= 11 is 0. The number of ether oxygens (including phenoxy) is 1. The molecule has 2 N–H and O–H groups in total. The van der Waals surface area contributed by atoms with E-state index < -0.39 is 0 Å².